The summed E-state index contributed by atoms with van der Waals surface area (Å²) in [6.07, 6.45) is 4.92. The third kappa shape index (κ3) is 5.26. The first-order valence-corrected chi connectivity index (χ1v) is 3.36. The number of amides is 3. The van der Waals surface area contributed by atoms with Crippen LogP contribution < -0.4 is 16.0 Å². The first-order chi connectivity index (χ1) is 5.70. The summed E-state index contributed by atoms with van der Waals surface area (Å²) in [7, 11) is 1.43. The Balaban J connectivity index is 3.48. The maximum atomic E-state index is 10.8. The second kappa shape index (κ2) is 6.19. The fraction of sp³-hybridized carbons (Fsp3) is 0.429. The van der Waals surface area contributed by atoms with Crippen LogP contribution in [0.25, 0.3) is 0 Å². The number of rotatable bonds is 3. The van der Waals surface area contributed by atoms with Gasteiger partial charge in [-0.15, -0.1) is 6.42 Å². The Bertz CT molecular complexity index is 207. The molecule has 66 valence electrons. The largest absolute Gasteiger partial charge is 0.341 e. The first-order valence-electron chi connectivity index (χ1n) is 3.36. The Labute approximate surface area is 70.9 Å². The highest BCUT2D eigenvalue weighted by Crippen LogP contribution is 1.65. The van der Waals surface area contributed by atoms with Gasteiger partial charge in [-0.2, -0.15) is 0 Å². The summed E-state index contributed by atoms with van der Waals surface area (Å²) in [5.74, 6) is 1.89. The molecule has 0 spiro atoms. The maximum absolute atomic E-state index is 10.8. The molecule has 0 aromatic carbocycles. The van der Waals surface area contributed by atoms with Gasteiger partial charge in [-0.25, -0.2) is 4.79 Å². The number of urea groups is 1. The predicted octanol–water partition coefficient (Wildman–Crippen LogP) is -1.34. The first kappa shape index (κ1) is 10.5. The van der Waals surface area contributed by atoms with E-state index in [1.807, 2.05) is 0 Å². The predicted molar refractivity (Wildman–Crippen MR) is 44.3 cm³/mol. The molecule has 3 amide bonds. The normalized spacial score (nSPS) is 8.33. The summed E-state index contributed by atoms with van der Waals surface area (Å²) in [5, 5.41) is 6.95. The summed E-state index contributed by atoms with van der Waals surface area (Å²) in [5.41, 5.74) is 0. The molecule has 0 unspecified atom stereocenters. The zero-order chi connectivity index (χ0) is 9.40. The van der Waals surface area contributed by atoms with Crippen LogP contribution in [0.2, 0.25) is 0 Å². The molecule has 0 aliphatic rings. The molecule has 0 bridgehead atoms. The quantitative estimate of drug-likeness (QED) is 0.362. The monoisotopic (exact) mass is 169 g/mol. The molecule has 0 aromatic heterocycles. The van der Waals surface area contributed by atoms with E-state index in [4.69, 9.17) is 6.42 Å². The van der Waals surface area contributed by atoms with Crippen LogP contribution in [0.5, 0.6) is 0 Å². The Hall–Kier alpha value is -1.54. The van der Waals surface area contributed by atoms with Gasteiger partial charge in [-0.05, 0) is 0 Å². The molecule has 5 heteroatoms. The number of carbonyl (C=O) groups is 2. The van der Waals surface area contributed by atoms with Crippen molar-refractivity contribution in [3.05, 3.63) is 0 Å². The minimum absolute atomic E-state index is 0.0393. The lowest BCUT2D eigenvalue weighted by molar-refractivity contribution is -0.119. The Morgan fingerprint density at radius 3 is 2.67 bits per heavy atom. The van der Waals surface area contributed by atoms with E-state index in [1.54, 1.807) is 0 Å². The molecule has 0 aliphatic heterocycles. The van der Waals surface area contributed by atoms with Crippen LogP contribution in [0.15, 0.2) is 0 Å². The van der Waals surface area contributed by atoms with Crippen molar-refractivity contribution in [1.82, 2.24) is 16.0 Å². The van der Waals surface area contributed by atoms with Crippen LogP contribution in [0.1, 0.15) is 0 Å². The molecule has 0 heterocycles. The van der Waals surface area contributed by atoms with E-state index in [9.17, 15) is 9.59 Å². The third-order valence-electron chi connectivity index (χ3n) is 0.993. The fourth-order valence-corrected chi connectivity index (χ4v) is 0.482. The number of hydrogen-bond donors (Lipinski definition) is 3. The number of terminal acetylenes is 1. The Morgan fingerprint density at radius 2 is 2.17 bits per heavy atom. The van der Waals surface area contributed by atoms with E-state index in [0.29, 0.717) is 6.54 Å². The SMILES string of the molecule is C#CCNCC(=O)NC(=O)NC. The summed E-state index contributed by atoms with van der Waals surface area (Å²) >= 11 is 0. The highest BCUT2D eigenvalue weighted by Gasteiger charge is 2.03. The van der Waals surface area contributed by atoms with Gasteiger partial charge in [-0.1, -0.05) is 5.92 Å². The fourth-order valence-electron chi connectivity index (χ4n) is 0.482. The minimum Gasteiger partial charge on any atom is -0.341 e. The smallest absolute Gasteiger partial charge is 0.321 e. The van der Waals surface area contributed by atoms with Gasteiger partial charge < -0.3 is 5.32 Å². The molecule has 0 aliphatic carbocycles. The summed E-state index contributed by atoms with van der Waals surface area (Å²) in [6.45, 7) is 0.346. The van der Waals surface area contributed by atoms with Crippen molar-refractivity contribution >= 4 is 11.9 Å². The van der Waals surface area contributed by atoms with E-state index in [2.05, 4.69) is 21.9 Å². The molecule has 0 saturated heterocycles. The lowest BCUT2D eigenvalue weighted by Crippen LogP contribution is -2.42. The molecule has 12 heavy (non-hydrogen) atoms. The molecule has 0 radical (unpaired) electrons. The van der Waals surface area contributed by atoms with Gasteiger partial charge in [0.25, 0.3) is 0 Å². The van der Waals surface area contributed by atoms with Crippen molar-refractivity contribution in [2.75, 3.05) is 20.1 Å². The third-order valence-corrected chi connectivity index (χ3v) is 0.993. The number of carbonyl (C=O) groups excluding carboxylic acids is 2. The molecule has 0 saturated carbocycles. The second-order valence-corrected chi connectivity index (χ2v) is 1.93. The van der Waals surface area contributed by atoms with Crippen LogP contribution in [-0.2, 0) is 4.79 Å². The van der Waals surface area contributed by atoms with Gasteiger partial charge in [0.2, 0.25) is 5.91 Å². The Kier molecular flexibility index (Phi) is 5.39. The van der Waals surface area contributed by atoms with E-state index in [-0.39, 0.29) is 6.54 Å². The molecule has 0 fully saturated rings. The van der Waals surface area contributed by atoms with Crippen LogP contribution in [-0.4, -0.2) is 32.1 Å². The van der Waals surface area contributed by atoms with E-state index in [1.165, 1.54) is 7.05 Å². The average molecular weight is 169 g/mol. The number of nitrogens with one attached hydrogen (secondary N) is 3. The van der Waals surface area contributed by atoms with Crippen molar-refractivity contribution in [3.63, 3.8) is 0 Å². The zero-order valence-electron chi connectivity index (χ0n) is 6.81. The highest BCUT2D eigenvalue weighted by molar-refractivity contribution is 5.95. The van der Waals surface area contributed by atoms with Crippen LogP contribution in [0.4, 0.5) is 4.79 Å². The highest BCUT2D eigenvalue weighted by atomic mass is 16.2. The van der Waals surface area contributed by atoms with Crippen molar-refractivity contribution in [3.8, 4) is 12.3 Å². The van der Waals surface area contributed by atoms with Gasteiger partial charge in [0.05, 0.1) is 13.1 Å². The van der Waals surface area contributed by atoms with Gasteiger partial charge in [-0.3, -0.25) is 15.4 Å². The summed E-state index contributed by atoms with van der Waals surface area (Å²) < 4.78 is 0. The van der Waals surface area contributed by atoms with Crippen LogP contribution >= 0.6 is 0 Å². The van der Waals surface area contributed by atoms with Gasteiger partial charge in [0.15, 0.2) is 0 Å². The topological polar surface area (TPSA) is 70.2 Å². The minimum atomic E-state index is -0.525. The molecule has 0 aromatic rings. The standard InChI is InChI=1S/C7H11N3O2/c1-3-4-9-5-6(11)10-7(12)8-2/h1,9H,4-5H2,2H3,(H2,8,10,11,12). The van der Waals surface area contributed by atoms with Crippen molar-refractivity contribution in [2.45, 2.75) is 0 Å². The van der Waals surface area contributed by atoms with Crippen molar-refractivity contribution in [2.24, 2.45) is 0 Å². The molecule has 0 rings (SSSR count). The average Bonchev–Trinajstić information content (AvgIpc) is 2.05. The summed E-state index contributed by atoms with van der Waals surface area (Å²) in [4.78, 5) is 21.3. The van der Waals surface area contributed by atoms with E-state index in [0.717, 1.165) is 0 Å². The molecular formula is C7H11N3O2. The van der Waals surface area contributed by atoms with E-state index >= 15 is 0 Å². The van der Waals surface area contributed by atoms with Gasteiger partial charge in [0, 0.05) is 7.05 Å². The zero-order valence-corrected chi connectivity index (χ0v) is 6.81. The molecule has 3 N–H and O–H groups in total. The number of imide groups is 1. The lowest BCUT2D eigenvalue weighted by atomic mass is 10.5. The molecular weight excluding hydrogens is 158 g/mol. The summed E-state index contributed by atoms with van der Waals surface area (Å²) in [6, 6.07) is -0.525. The van der Waals surface area contributed by atoms with Crippen LogP contribution in [0.3, 0.4) is 0 Å². The number of hydrogen-bond acceptors (Lipinski definition) is 3. The second-order valence-electron chi connectivity index (χ2n) is 1.93. The van der Waals surface area contributed by atoms with Gasteiger partial charge in [0.1, 0.15) is 0 Å². The van der Waals surface area contributed by atoms with Gasteiger partial charge >= 0.3 is 6.03 Å². The molecule has 5 nitrogen and oxygen atoms in total. The van der Waals surface area contributed by atoms with Crippen molar-refractivity contribution < 1.29 is 9.59 Å². The van der Waals surface area contributed by atoms with Crippen molar-refractivity contribution in [1.29, 1.82) is 0 Å². The molecule has 0 atom stereocenters. The maximum Gasteiger partial charge on any atom is 0.321 e. The lowest BCUT2D eigenvalue weighted by Gasteiger charge is -2.02. The van der Waals surface area contributed by atoms with Crippen LogP contribution in [0, 0.1) is 12.3 Å². The Morgan fingerprint density at radius 1 is 1.50 bits per heavy atom. The van der Waals surface area contributed by atoms with E-state index < -0.39 is 11.9 Å².